The first-order chi connectivity index (χ1) is 14.3. The van der Waals surface area contributed by atoms with Crippen molar-refractivity contribution in [2.75, 3.05) is 39.5 Å². The summed E-state index contributed by atoms with van der Waals surface area (Å²) in [7, 11) is 0. The summed E-state index contributed by atoms with van der Waals surface area (Å²) in [4.78, 5) is 4.74. The molecule has 0 saturated carbocycles. The lowest BCUT2D eigenvalue weighted by molar-refractivity contribution is 0.0893. The van der Waals surface area contributed by atoms with Crippen LogP contribution in [-0.4, -0.2) is 45.5 Å². The molecule has 1 saturated heterocycles. The van der Waals surface area contributed by atoms with Crippen LogP contribution in [0, 0.1) is 5.92 Å². The number of halogens is 1. The molecule has 2 heterocycles. The van der Waals surface area contributed by atoms with Crippen molar-refractivity contribution in [1.29, 1.82) is 0 Å². The highest BCUT2D eigenvalue weighted by Gasteiger charge is 2.15. The molecule has 0 spiro atoms. The van der Waals surface area contributed by atoms with Crippen LogP contribution in [0.5, 0.6) is 0 Å². The number of benzene rings is 1. The molecule has 2 aromatic rings. The molecule has 0 amide bonds. The molecule has 0 aliphatic carbocycles. The van der Waals surface area contributed by atoms with Crippen LogP contribution in [0.3, 0.4) is 0 Å². The summed E-state index contributed by atoms with van der Waals surface area (Å²) in [6, 6.07) is 14.5. The van der Waals surface area contributed by atoms with Gasteiger partial charge < -0.3 is 24.5 Å². The molecule has 2 atom stereocenters. The van der Waals surface area contributed by atoms with Crippen molar-refractivity contribution >= 4 is 29.9 Å². The van der Waals surface area contributed by atoms with Crippen LogP contribution >= 0.6 is 24.0 Å². The predicted molar refractivity (Wildman–Crippen MR) is 130 cm³/mol. The van der Waals surface area contributed by atoms with E-state index in [2.05, 4.69) is 41.8 Å². The van der Waals surface area contributed by atoms with Gasteiger partial charge in [-0.15, -0.1) is 24.0 Å². The van der Waals surface area contributed by atoms with Crippen LogP contribution in [0.1, 0.15) is 37.1 Å². The third kappa shape index (κ3) is 9.06. The van der Waals surface area contributed by atoms with E-state index in [1.54, 1.807) is 6.26 Å². The molecule has 1 aromatic carbocycles. The highest BCUT2D eigenvalue weighted by Crippen LogP contribution is 2.12. The number of aliphatic imine (C=N–C) groups is 1. The highest BCUT2D eigenvalue weighted by atomic mass is 127. The molecule has 0 radical (unpaired) electrons. The summed E-state index contributed by atoms with van der Waals surface area (Å²) >= 11 is 0. The Morgan fingerprint density at radius 1 is 1.23 bits per heavy atom. The van der Waals surface area contributed by atoms with E-state index in [4.69, 9.17) is 18.9 Å². The summed E-state index contributed by atoms with van der Waals surface area (Å²) in [5.41, 5.74) is 1.23. The average molecular weight is 527 g/mol. The number of nitrogens with zero attached hydrogens (tertiary/aromatic N) is 1. The van der Waals surface area contributed by atoms with E-state index in [1.165, 1.54) is 5.56 Å². The molecule has 1 aromatic heterocycles. The number of ether oxygens (including phenoxy) is 2. The Balaban J connectivity index is 0.00000320. The number of hydrogen-bond acceptors (Lipinski definition) is 4. The zero-order valence-corrected chi connectivity index (χ0v) is 20.0. The summed E-state index contributed by atoms with van der Waals surface area (Å²) < 4.78 is 16.6. The fourth-order valence-corrected chi connectivity index (χ4v) is 3.26. The fourth-order valence-electron chi connectivity index (χ4n) is 3.26. The van der Waals surface area contributed by atoms with Crippen LogP contribution in [0.2, 0.25) is 0 Å². The van der Waals surface area contributed by atoms with Crippen molar-refractivity contribution in [3.63, 3.8) is 0 Å². The Kier molecular flexibility index (Phi) is 11.9. The molecule has 166 valence electrons. The van der Waals surface area contributed by atoms with Gasteiger partial charge in [0.15, 0.2) is 5.96 Å². The lowest BCUT2D eigenvalue weighted by atomic mass is 10.1. The maximum atomic E-state index is 5.78. The Morgan fingerprint density at radius 2 is 2.10 bits per heavy atom. The SMILES string of the molecule is CC(NC(=NCCCOCC1CCOC1)NCCc1ccco1)c1ccccc1.I. The topological polar surface area (TPSA) is 68.0 Å². The van der Waals surface area contributed by atoms with E-state index in [0.29, 0.717) is 5.92 Å². The average Bonchev–Trinajstić information content (AvgIpc) is 3.45. The van der Waals surface area contributed by atoms with Gasteiger partial charge in [0.2, 0.25) is 0 Å². The van der Waals surface area contributed by atoms with Gasteiger partial charge >= 0.3 is 0 Å². The van der Waals surface area contributed by atoms with Crippen molar-refractivity contribution in [1.82, 2.24) is 10.6 Å². The summed E-state index contributed by atoms with van der Waals surface area (Å²) in [5.74, 6) is 2.35. The third-order valence-corrected chi connectivity index (χ3v) is 4.99. The summed E-state index contributed by atoms with van der Waals surface area (Å²) in [6.07, 6.45) is 4.54. The van der Waals surface area contributed by atoms with Crippen LogP contribution in [0.25, 0.3) is 0 Å². The molecule has 7 heteroatoms. The molecule has 3 rings (SSSR count). The van der Waals surface area contributed by atoms with Crippen molar-refractivity contribution in [3.05, 3.63) is 60.1 Å². The molecule has 6 nitrogen and oxygen atoms in total. The first-order valence-electron chi connectivity index (χ1n) is 10.6. The number of hydrogen-bond donors (Lipinski definition) is 2. The maximum Gasteiger partial charge on any atom is 0.191 e. The zero-order valence-electron chi connectivity index (χ0n) is 17.7. The Hall–Kier alpha value is -1.58. The van der Waals surface area contributed by atoms with Gasteiger partial charge in [-0.25, -0.2) is 0 Å². The fraction of sp³-hybridized carbons (Fsp3) is 0.522. The second-order valence-electron chi connectivity index (χ2n) is 7.42. The van der Waals surface area contributed by atoms with E-state index >= 15 is 0 Å². The monoisotopic (exact) mass is 527 g/mol. The number of guanidine groups is 1. The second-order valence-corrected chi connectivity index (χ2v) is 7.42. The minimum Gasteiger partial charge on any atom is -0.469 e. The van der Waals surface area contributed by atoms with Gasteiger partial charge in [0.1, 0.15) is 5.76 Å². The first kappa shape index (κ1) is 24.7. The van der Waals surface area contributed by atoms with E-state index in [-0.39, 0.29) is 30.0 Å². The van der Waals surface area contributed by atoms with E-state index in [0.717, 1.165) is 70.5 Å². The van der Waals surface area contributed by atoms with Crippen LogP contribution in [0.15, 0.2) is 58.1 Å². The zero-order chi connectivity index (χ0) is 20.2. The molecule has 1 fully saturated rings. The van der Waals surface area contributed by atoms with Crippen molar-refractivity contribution in [2.45, 2.75) is 32.2 Å². The molecular weight excluding hydrogens is 493 g/mol. The summed E-state index contributed by atoms with van der Waals surface area (Å²) in [6.45, 7) is 6.86. The van der Waals surface area contributed by atoms with E-state index in [1.807, 2.05) is 18.2 Å². The van der Waals surface area contributed by atoms with Crippen molar-refractivity contribution < 1.29 is 13.9 Å². The smallest absolute Gasteiger partial charge is 0.191 e. The van der Waals surface area contributed by atoms with Gasteiger partial charge in [0, 0.05) is 38.6 Å². The maximum absolute atomic E-state index is 5.78. The standard InChI is InChI=1S/C23H33N3O3.HI/c1-19(21-7-3-2-4-8-21)26-23(25-13-10-22-9-5-15-29-22)24-12-6-14-27-17-20-11-16-28-18-20;/h2-5,7-9,15,19-20H,6,10-14,16-18H2,1H3,(H2,24,25,26);1H. The van der Waals surface area contributed by atoms with E-state index in [9.17, 15) is 0 Å². The quantitative estimate of drug-likeness (QED) is 0.199. The lowest BCUT2D eigenvalue weighted by Gasteiger charge is -2.18. The second kappa shape index (κ2) is 14.4. The Labute approximate surface area is 196 Å². The molecule has 1 aliphatic rings. The number of furan rings is 1. The normalized spacial score (nSPS) is 17.4. The molecule has 0 bridgehead atoms. The Morgan fingerprint density at radius 3 is 2.83 bits per heavy atom. The molecule has 2 unspecified atom stereocenters. The largest absolute Gasteiger partial charge is 0.469 e. The highest BCUT2D eigenvalue weighted by molar-refractivity contribution is 14.0. The van der Waals surface area contributed by atoms with Gasteiger partial charge in [0.05, 0.1) is 25.5 Å². The summed E-state index contributed by atoms with van der Waals surface area (Å²) in [5, 5.41) is 6.92. The minimum atomic E-state index is 0. The van der Waals surface area contributed by atoms with Crippen molar-refractivity contribution in [2.24, 2.45) is 10.9 Å². The van der Waals surface area contributed by atoms with Crippen LogP contribution < -0.4 is 10.6 Å². The van der Waals surface area contributed by atoms with E-state index < -0.39 is 0 Å². The lowest BCUT2D eigenvalue weighted by Crippen LogP contribution is -2.40. The minimum absolute atomic E-state index is 0. The van der Waals surface area contributed by atoms with Gasteiger partial charge in [-0.1, -0.05) is 30.3 Å². The molecule has 1 aliphatic heterocycles. The first-order valence-corrected chi connectivity index (χ1v) is 10.6. The number of nitrogens with one attached hydrogen (secondary N) is 2. The van der Waals surface area contributed by atoms with Gasteiger partial charge in [0.25, 0.3) is 0 Å². The van der Waals surface area contributed by atoms with Crippen LogP contribution in [0.4, 0.5) is 0 Å². The van der Waals surface area contributed by atoms with Crippen LogP contribution in [-0.2, 0) is 15.9 Å². The third-order valence-electron chi connectivity index (χ3n) is 4.99. The van der Waals surface area contributed by atoms with Gasteiger partial charge in [-0.3, -0.25) is 4.99 Å². The number of rotatable bonds is 11. The Bertz CT molecular complexity index is 704. The predicted octanol–water partition coefficient (Wildman–Crippen LogP) is 4.18. The van der Waals surface area contributed by atoms with Crippen molar-refractivity contribution in [3.8, 4) is 0 Å². The molecule has 2 N–H and O–H groups in total. The molecule has 30 heavy (non-hydrogen) atoms. The van der Waals surface area contributed by atoms with Gasteiger partial charge in [-0.05, 0) is 37.5 Å². The molecular formula is C23H34IN3O3. The van der Waals surface area contributed by atoms with Gasteiger partial charge in [-0.2, -0.15) is 0 Å².